The van der Waals surface area contributed by atoms with Gasteiger partial charge in [-0.1, -0.05) is 6.92 Å². The van der Waals surface area contributed by atoms with Crippen molar-refractivity contribution in [1.82, 2.24) is 0 Å². The van der Waals surface area contributed by atoms with Crippen molar-refractivity contribution in [2.24, 2.45) is 10.8 Å². The highest BCUT2D eigenvalue weighted by Crippen LogP contribution is 2.45. The van der Waals surface area contributed by atoms with E-state index in [1.807, 2.05) is 13.0 Å². The molecule has 1 saturated carbocycles. The van der Waals surface area contributed by atoms with E-state index < -0.39 is 47.6 Å². The summed E-state index contributed by atoms with van der Waals surface area (Å²) in [7, 11) is 0. The van der Waals surface area contributed by atoms with Gasteiger partial charge >= 0.3 is 17.9 Å². The number of esters is 3. The van der Waals surface area contributed by atoms with Gasteiger partial charge < -0.3 is 14.2 Å². The van der Waals surface area contributed by atoms with E-state index in [-0.39, 0.29) is 6.42 Å². The third-order valence-corrected chi connectivity index (χ3v) is 4.72. The molecular formula is C16H21NO6. The van der Waals surface area contributed by atoms with E-state index in [1.165, 1.54) is 0 Å². The fourth-order valence-electron chi connectivity index (χ4n) is 2.65. The maximum atomic E-state index is 11.8. The standard InChI is InChI=1S/C16H21NO6/c1-4-15(2,3)13(19)21-8-12(18)22-10-5-6-16(9-17)7-11(10)23-14(16)20/h10-11H,4-8H2,1-3H3. The highest BCUT2D eigenvalue weighted by Gasteiger charge is 2.56. The summed E-state index contributed by atoms with van der Waals surface area (Å²) < 4.78 is 15.4. The molecule has 1 aliphatic heterocycles. The van der Waals surface area contributed by atoms with Crippen LogP contribution in [0.4, 0.5) is 0 Å². The van der Waals surface area contributed by atoms with Crippen molar-refractivity contribution >= 4 is 17.9 Å². The van der Waals surface area contributed by atoms with Gasteiger partial charge in [-0.2, -0.15) is 5.26 Å². The SMILES string of the molecule is CCC(C)(C)C(=O)OCC(=O)OC1CCC2(C#N)CC1OC2=O. The van der Waals surface area contributed by atoms with Crippen LogP contribution in [0.15, 0.2) is 0 Å². The van der Waals surface area contributed by atoms with Crippen LogP contribution in [0, 0.1) is 22.2 Å². The van der Waals surface area contributed by atoms with E-state index in [2.05, 4.69) is 0 Å². The predicted molar refractivity (Wildman–Crippen MR) is 76.7 cm³/mol. The van der Waals surface area contributed by atoms with Gasteiger partial charge in [0.1, 0.15) is 12.2 Å². The highest BCUT2D eigenvalue weighted by atomic mass is 16.6. The largest absolute Gasteiger partial charge is 0.457 e. The average Bonchev–Trinajstić information content (AvgIpc) is 2.80. The molecule has 0 aromatic heterocycles. The van der Waals surface area contributed by atoms with E-state index >= 15 is 0 Å². The Kier molecular flexibility index (Phi) is 4.64. The summed E-state index contributed by atoms with van der Waals surface area (Å²) in [5.41, 5.74) is -1.75. The number of carbonyl (C=O) groups is 3. The third-order valence-electron chi connectivity index (χ3n) is 4.72. The number of nitrogens with zero attached hydrogens (tertiary/aromatic N) is 1. The molecule has 0 aromatic rings. The molecule has 1 saturated heterocycles. The minimum absolute atomic E-state index is 0.239. The Morgan fingerprint density at radius 2 is 2.17 bits per heavy atom. The van der Waals surface area contributed by atoms with Gasteiger partial charge in [0.25, 0.3) is 0 Å². The van der Waals surface area contributed by atoms with Crippen LogP contribution in [0.3, 0.4) is 0 Å². The van der Waals surface area contributed by atoms with Crippen LogP contribution in [0.5, 0.6) is 0 Å². The lowest BCUT2D eigenvalue weighted by atomic mass is 9.75. The summed E-state index contributed by atoms with van der Waals surface area (Å²) in [5.74, 6) is -1.68. The number of nitriles is 1. The molecule has 1 heterocycles. The van der Waals surface area contributed by atoms with Crippen molar-refractivity contribution in [2.75, 3.05) is 6.61 Å². The van der Waals surface area contributed by atoms with Gasteiger partial charge in [-0.15, -0.1) is 0 Å². The molecule has 2 aliphatic rings. The zero-order valence-corrected chi connectivity index (χ0v) is 13.6. The highest BCUT2D eigenvalue weighted by molar-refractivity contribution is 5.83. The number of rotatable bonds is 5. The fraction of sp³-hybridized carbons (Fsp3) is 0.750. The molecule has 23 heavy (non-hydrogen) atoms. The van der Waals surface area contributed by atoms with Crippen molar-refractivity contribution in [3.8, 4) is 6.07 Å². The van der Waals surface area contributed by atoms with Gasteiger partial charge in [-0.3, -0.25) is 9.59 Å². The van der Waals surface area contributed by atoms with Crippen LogP contribution in [-0.2, 0) is 28.6 Å². The van der Waals surface area contributed by atoms with Crippen molar-refractivity contribution < 1.29 is 28.6 Å². The van der Waals surface area contributed by atoms with Crippen LogP contribution in [0.1, 0.15) is 46.5 Å². The first kappa shape index (κ1) is 17.3. The quantitative estimate of drug-likeness (QED) is 0.558. The number of carbonyl (C=O) groups excluding carboxylic acids is 3. The van der Waals surface area contributed by atoms with Crippen molar-refractivity contribution in [3.05, 3.63) is 0 Å². The molecule has 2 fully saturated rings. The third kappa shape index (κ3) is 3.31. The van der Waals surface area contributed by atoms with Gasteiger partial charge in [0.05, 0.1) is 11.5 Å². The van der Waals surface area contributed by atoms with Gasteiger partial charge in [0, 0.05) is 6.42 Å². The minimum atomic E-state index is -1.09. The molecule has 7 nitrogen and oxygen atoms in total. The second kappa shape index (κ2) is 6.19. The topological polar surface area (TPSA) is 103 Å². The Bertz CT molecular complexity index is 563. The average molecular weight is 323 g/mol. The molecule has 0 spiro atoms. The smallest absolute Gasteiger partial charge is 0.344 e. The molecule has 2 bridgehead atoms. The molecule has 126 valence electrons. The Balaban J connectivity index is 1.85. The van der Waals surface area contributed by atoms with E-state index in [4.69, 9.17) is 19.5 Å². The molecular weight excluding hydrogens is 302 g/mol. The summed E-state index contributed by atoms with van der Waals surface area (Å²) >= 11 is 0. The lowest BCUT2D eigenvalue weighted by Crippen LogP contribution is -2.38. The maximum Gasteiger partial charge on any atom is 0.344 e. The number of hydrogen-bond acceptors (Lipinski definition) is 7. The maximum absolute atomic E-state index is 11.8. The van der Waals surface area contributed by atoms with E-state index in [1.54, 1.807) is 13.8 Å². The fourth-order valence-corrected chi connectivity index (χ4v) is 2.65. The summed E-state index contributed by atoms with van der Waals surface area (Å²) in [6.45, 7) is 4.86. The Hall–Kier alpha value is -2.10. The molecule has 0 amide bonds. The first-order valence-corrected chi connectivity index (χ1v) is 7.73. The number of ether oxygens (including phenoxy) is 3. The van der Waals surface area contributed by atoms with E-state index in [0.717, 1.165) is 0 Å². The van der Waals surface area contributed by atoms with Crippen LogP contribution in [0.2, 0.25) is 0 Å². The zero-order chi connectivity index (χ0) is 17.3. The second-order valence-corrected chi connectivity index (χ2v) is 6.72. The Morgan fingerprint density at radius 1 is 1.48 bits per heavy atom. The van der Waals surface area contributed by atoms with Gasteiger partial charge in [0.15, 0.2) is 12.0 Å². The number of fused-ring (bicyclic) bond motifs is 2. The van der Waals surface area contributed by atoms with Crippen LogP contribution in [0.25, 0.3) is 0 Å². The predicted octanol–water partition coefficient (Wildman–Crippen LogP) is 1.50. The lowest BCUT2D eigenvalue weighted by molar-refractivity contribution is -0.172. The van der Waals surface area contributed by atoms with E-state index in [0.29, 0.717) is 19.3 Å². The van der Waals surface area contributed by atoms with Crippen LogP contribution in [-0.4, -0.2) is 36.7 Å². The first-order chi connectivity index (χ1) is 10.7. The molecule has 3 unspecified atom stereocenters. The summed E-state index contributed by atoms with van der Waals surface area (Å²) in [6, 6.07) is 2.01. The lowest BCUT2D eigenvalue weighted by Gasteiger charge is -2.28. The summed E-state index contributed by atoms with van der Waals surface area (Å²) in [4.78, 5) is 35.4. The molecule has 0 aromatic carbocycles. The molecule has 2 rings (SSSR count). The molecule has 0 N–H and O–H groups in total. The van der Waals surface area contributed by atoms with Crippen molar-refractivity contribution in [2.45, 2.75) is 58.7 Å². The zero-order valence-electron chi connectivity index (χ0n) is 13.6. The molecule has 3 atom stereocenters. The summed E-state index contributed by atoms with van der Waals surface area (Å²) in [5, 5.41) is 9.14. The Morgan fingerprint density at radius 3 is 2.78 bits per heavy atom. The monoisotopic (exact) mass is 323 g/mol. The van der Waals surface area contributed by atoms with E-state index in [9.17, 15) is 14.4 Å². The number of hydrogen-bond donors (Lipinski definition) is 0. The molecule has 0 radical (unpaired) electrons. The van der Waals surface area contributed by atoms with Crippen molar-refractivity contribution in [3.63, 3.8) is 0 Å². The second-order valence-electron chi connectivity index (χ2n) is 6.72. The molecule has 7 heteroatoms. The molecule has 1 aliphatic carbocycles. The van der Waals surface area contributed by atoms with Crippen LogP contribution < -0.4 is 0 Å². The first-order valence-electron chi connectivity index (χ1n) is 7.73. The van der Waals surface area contributed by atoms with Gasteiger partial charge in [0.2, 0.25) is 0 Å². The normalized spacial score (nSPS) is 29.4. The van der Waals surface area contributed by atoms with Crippen LogP contribution >= 0.6 is 0 Å². The minimum Gasteiger partial charge on any atom is -0.457 e. The van der Waals surface area contributed by atoms with Gasteiger partial charge in [-0.25, -0.2) is 4.79 Å². The summed E-state index contributed by atoms with van der Waals surface area (Å²) in [6.07, 6.45) is 0.334. The van der Waals surface area contributed by atoms with Crippen molar-refractivity contribution in [1.29, 1.82) is 5.26 Å². The van der Waals surface area contributed by atoms with Gasteiger partial charge in [-0.05, 0) is 33.1 Å². The Labute approximate surface area is 134 Å².